The van der Waals surface area contributed by atoms with E-state index in [-0.39, 0.29) is 24.3 Å². The van der Waals surface area contributed by atoms with Crippen molar-refractivity contribution in [2.75, 3.05) is 57.9 Å². The molecule has 4 aliphatic heterocycles. The first-order valence-electron chi connectivity index (χ1n) is 15.7. The zero-order chi connectivity index (χ0) is 30.7. The van der Waals surface area contributed by atoms with Gasteiger partial charge in [0.15, 0.2) is 0 Å². The summed E-state index contributed by atoms with van der Waals surface area (Å²) in [5.74, 6) is -1.83. The summed E-state index contributed by atoms with van der Waals surface area (Å²) in [6.45, 7) is 6.12. The van der Waals surface area contributed by atoms with E-state index in [2.05, 4.69) is 15.5 Å². The van der Waals surface area contributed by atoms with Gasteiger partial charge in [-0.1, -0.05) is 30.3 Å². The number of hydrogen-bond acceptors (Lipinski definition) is 8. The molecule has 4 heterocycles. The number of likely N-dealkylation sites (tertiary alicyclic amines) is 1. The van der Waals surface area contributed by atoms with Gasteiger partial charge in [-0.2, -0.15) is 0 Å². The number of nitrogens with one attached hydrogen (secondary N) is 2. The first-order valence-corrected chi connectivity index (χ1v) is 15.7. The average Bonchev–Trinajstić information content (AvgIpc) is 3.69. The molecule has 4 fully saturated rings. The fourth-order valence-corrected chi connectivity index (χ4v) is 7.51. The number of anilines is 1. The van der Waals surface area contributed by atoms with E-state index >= 15 is 0 Å². The van der Waals surface area contributed by atoms with Crippen molar-refractivity contribution < 1.29 is 33.7 Å². The molecule has 3 amide bonds. The van der Waals surface area contributed by atoms with Gasteiger partial charge < -0.3 is 34.9 Å². The summed E-state index contributed by atoms with van der Waals surface area (Å²) >= 11 is 0. The zero-order valence-electron chi connectivity index (χ0n) is 25.2. The molecule has 11 nitrogen and oxygen atoms in total. The highest BCUT2D eigenvalue weighted by Gasteiger charge is 2.75. The van der Waals surface area contributed by atoms with Crippen LogP contribution in [-0.2, 0) is 30.3 Å². The normalized spacial score (nSPS) is 28.5. The van der Waals surface area contributed by atoms with Gasteiger partial charge in [0.2, 0.25) is 17.7 Å². The fourth-order valence-electron chi connectivity index (χ4n) is 7.51. The van der Waals surface area contributed by atoms with Gasteiger partial charge in [0.25, 0.3) is 0 Å². The maximum absolute atomic E-state index is 14.4. The Balaban J connectivity index is 1.26. The second-order valence-corrected chi connectivity index (χ2v) is 12.0. The molecule has 4 saturated heterocycles. The first kappa shape index (κ1) is 30.5. The molecule has 2 bridgehead atoms. The predicted octanol–water partition coefficient (Wildman–Crippen LogP) is 1.45. The number of benzene rings is 2. The molecule has 44 heavy (non-hydrogen) atoms. The average molecular weight is 607 g/mol. The fraction of sp³-hybridized carbons (Fsp3) is 0.545. The van der Waals surface area contributed by atoms with Crippen molar-refractivity contribution in [3.8, 4) is 5.75 Å². The van der Waals surface area contributed by atoms with Gasteiger partial charge in [0.05, 0.1) is 50.4 Å². The van der Waals surface area contributed by atoms with E-state index in [4.69, 9.17) is 14.2 Å². The molecule has 2 aromatic carbocycles. The molecule has 0 saturated carbocycles. The molecule has 11 heteroatoms. The maximum Gasteiger partial charge on any atom is 0.245 e. The Bertz CT molecular complexity index is 1320. The van der Waals surface area contributed by atoms with E-state index in [9.17, 15) is 19.5 Å². The summed E-state index contributed by atoms with van der Waals surface area (Å²) in [5, 5.41) is 16.6. The SMILES string of the molecule is CCOc1ccc(NC(=O)[C@@H]2[C@H]3C(=O)N([C@@H](CO)Cc4ccccc4)C(C(=O)NCCN4CCOCC4)C34CC[C@H]2O4)cc1. The van der Waals surface area contributed by atoms with Crippen molar-refractivity contribution in [3.05, 3.63) is 60.2 Å². The number of nitrogens with zero attached hydrogens (tertiary/aromatic N) is 2. The second kappa shape index (κ2) is 13.2. The summed E-state index contributed by atoms with van der Waals surface area (Å²) < 4.78 is 17.5. The molecule has 4 aliphatic rings. The number of carbonyl (C=O) groups is 3. The summed E-state index contributed by atoms with van der Waals surface area (Å²) in [6, 6.07) is 15.1. The van der Waals surface area contributed by atoms with Crippen molar-refractivity contribution in [1.29, 1.82) is 0 Å². The third-order valence-corrected chi connectivity index (χ3v) is 9.47. The van der Waals surface area contributed by atoms with Gasteiger partial charge in [-0.25, -0.2) is 0 Å². The van der Waals surface area contributed by atoms with Crippen LogP contribution in [0.5, 0.6) is 5.75 Å². The number of morpholine rings is 1. The summed E-state index contributed by atoms with van der Waals surface area (Å²) in [7, 11) is 0. The highest BCUT2D eigenvalue weighted by Crippen LogP contribution is 2.59. The molecule has 6 rings (SSSR count). The van der Waals surface area contributed by atoms with Crippen molar-refractivity contribution in [3.63, 3.8) is 0 Å². The minimum Gasteiger partial charge on any atom is -0.494 e. The highest BCUT2D eigenvalue weighted by atomic mass is 16.5. The van der Waals surface area contributed by atoms with Gasteiger partial charge >= 0.3 is 0 Å². The lowest BCUT2D eigenvalue weighted by Gasteiger charge is -2.37. The van der Waals surface area contributed by atoms with Crippen LogP contribution >= 0.6 is 0 Å². The van der Waals surface area contributed by atoms with Crippen molar-refractivity contribution in [1.82, 2.24) is 15.1 Å². The Labute approximate surface area is 257 Å². The lowest BCUT2D eigenvalue weighted by molar-refractivity contribution is -0.145. The Morgan fingerprint density at radius 2 is 1.84 bits per heavy atom. The summed E-state index contributed by atoms with van der Waals surface area (Å²) in [4.78, 5) is 46.0. The standard InChI is InChI=1S/C33H42N4O7/c1-2-43-25-10-8-23(9-11-25)35-30(39)27-26-12-13-33(44-26)28(27)32(41)37(24(21-38)20-22-6-4-3-5-7-22)29(33)31(40)34-14-15-36-16-18-42-19-17-36/h3-11,24,26-29,38H,2,12-21H2,1H3,(H,34,40)(H,35,39)/t24-,26-,27+,28+,29?,33?/m1/s1. The molecule has 1 spiro atoms. The van der Waals surface area contributed by atoms with Crippen LogP contribution in [0.4, 0.5) is 5.69 Å². The van der Waals surface area contributed by atoms with E-state index in [1.807, 2.05) is 37.3 Å². The quantitative estimate of drug-likeness (QED) is 0.331. The van der Waals surface area contributed by atoms with Crippen LogP contribution in [0.15, 0.2) is 54.6 Å². The Kier molecular flexibility index (Phi) is 9.18. The lowest BCUT2D eigenvalue weighted by atomic mass is 9.70. The Hall–Kier alpha value is -3.51. The molecular formula is C33H42N4O7. The third kappa shape index (κ3) is 5.81. The van der Waals surface area contributed by atoms with Crippen molar-refractivity contribution in [2.45, 2.75) is 50.0 Å². The van der Waals surface area contributed by atoms with Gasteiger partial charge in [-0.15, -0.1) is 0 Å². The van der Waals surface area contributed by atoms with E-state index < -0.39 is 35.6 Å². The van der Waals surface area contributed by atoms with Gasteiger partial charge in [-0.3, -0.25) is 19.3 Å². The molecule has 0 radical (unpaired) electrons. The molecule has 0 aliphatic carbocycles. The Morgan fingerprint density at radius 3 is 2.55 bits per heavy atom. The molecule has 2 aromatic rings. The van der Waals surface area contributed by atoms with Gasteiger partial charge in [0.1, 0.15) is 17.4 Å². The number of amides is 3. The largest absolute Gasteiger partial charge is 0.494 e. The van der Waals surface area contributed by atoms with Crippen LogP contribution in [0.25, 0.3) is 0 Å². The molecule has 236 valence electrons. The topological polar surface area (TPSA) is 130 Å². The van der Waals surface area contributed by atoms with Crippen LogP contribution in [0.3, 0.4) is 0 Å². The van der Waals surface area contributed by atoms with Crippen LogP contribution < -0.4 is 15.4 Å². The van der Waals surface area contributed by atoms with Gasteiger partial charge in [-0.05, 0) is 56.0 Å². The second-order valence-electron chi connectivity index (χ2n) is 12.0. The third-order valence-electron chi connectivity index (χ3n) is 9.47. The zero-order valence-corrected chi connectivity index (χ0v) is 25.2. The van der Waals surface area contributed by atoms with Crippen LogP contribution in [0.2, 0.25) is 0 Å². The predicted molar refractivity (Wildman–Crippen MR) is 162 cm³/mol. The minimum atomic E-state index is -1.14. The van der Waals surface area contributed by atoms with Gasteiger partial charge in [0, 0.05) is 31.9 Å². The smallest absolute Gasteiger partial charge is 0.245 e. The molecular weight excluding hydrogens is 564 g/mol. The number of carbonyl (C=O) groups excluding carboxylic acids is 3. The van der Waals surface area contributed by atoms with E-state index in [1.54, 1.807) is 24.3 Å². The highest BCUT2D eigenvalue weighted by molar-refractivity contribution is 6.02. The van der Waals surface area contributed by atoms with E-state index in [1.165, 1.54) is 4.90 Å². The van der Waals surface area contributed by atoms with Crippen molar-refractivity contribution in [2.24, 2.45) is 11.8 Å². The molecule has 0 aromatic heterocycles. The van der Waals surface area contributed by atoms with Crippen molar-refractivity contribution >= 4 is 23.4 Å². The number of aliphatic hydroxyl groups is 1. The summed E-state index contributed by atoms with van der Waals surface area (Å²) in [5.41, 5.74) is 0.387. The summed E-state index contributed by atoms with van der Waals surface area (Å²) in [6.07, 6.45) is 0.955. The lowest BCUT2D eigenvalue weighted by Crippen LogP contribution is -2.59. The molecule has 3 N–H and O–H groups in total. The maximum atomic E-state index is 14.4. The number of ether oxygens (including phenoxy) is 3. The van der Waals surface area contributed by atoms with Crippen LogP contribution in [0.1, 0.15) is 25.3 Å². The number of aliphatic hydroxyl groups excluding tert-OH is 1. The number of rotatable bonds is 12. The van der Waals surface area contributed by atoms with E-state index in [0.29, 0.717) is 63.6 Å². The van der Waals surface area contributed by atoms with Crippen LogP contribution in [-0.4, -0.2) is 109 Å². The number of fused-ring (bicyclic) bond motifs is 1. The van der Waals surface area contributed by atoms with Crippen LogP contribution in [0, 0.1) is 11.8 Å². The number of hydrogen-bond donors (Lipinski definition) is 3. The monoisotopic (exact) mass is 606 g/mol. The first-order chi connectivity index (χ1) is 21.4. The Morgan fingerprint density at radius 1 is 1.09 bits per heavy atom. The molecule has 2 unspecified atom stereocenters. The minimum absolute atomic E-state index is 0.309. The van der Waals surface area contributed by atoms with E-state index in [0.717, 1.165) is 18.7 Å². The molecule has 6 atom stereocenters.